The molecule has 0 saturated carbocycles. The van der Waals surface area contributed by atoms with E-state index in [1.165, 1.54) is 14.2 Å². The van der Waals surface area contributed by atoms with Crippen LogP contribution in [0.25, 0.3) is 0 Å². The third kappa shape index (κ3) is 6.29. The third-order valence-corrected chi connectivity index (χ3v) is 3.94. The third-order valence-electron chi connectivity index (χ3n) is 2.43. The lowest BCUT2D eigenvalue weighted by Crippen LogP contribution is -2.43. The average molecular weight is 282 g/mol. The number of nitrogens with zero attached hydrogens (tertiary/aromatic N) is 1. The largest absolute Gasteiger partial charge is 0.469 e. The maximum absolute atomic E-state index is 11.8. The molecule has 0 atom stereocenters. The highest BCUT2D eigenvalue weighted by Crippen LogP contribution is 2.12. The number of hydrogen-bond donors (Lipinski definition) is 2. The number of carbonyl (C=O) groups excluding carboxylic acids is 1. The number of hydrogen-bond acceptors (Lipinski definition) is 5. The fraction of sp³-hybridized carbons (Fsp3) is 0.900. The molecule has 18 heavy (non-hydrogen) atoms. The van der Waals surface area contributed by atoms with Crippen molar-refractivity contribution in [2.75, 3.05) is 33.9 Å². The van der Waals surface area contributed by atoms with E-state index >= 15 is 0 Å². The topological polar surface area (TPSA) is 95.9 Å². The number of aliphatic hydroxyl groups is 1. The van der Waals surface area contributed by atoms with E-state index < -0.39 is 21.6 Å². The van der Waals surface area contributed by atoms with Gasteiger partial charge in [0, 0.05) is 32.2 Å². The lowest BCUT2D eigenvalue weighted by atomic mass is 9.96. The fourth-order valence-corrected chi connectivity index (χ4v) is 2.05. The monoisotopic (exact) mass is 282 g/mol. The lowest BCUT2D eigenvalue weighted by Gasteiger charge is -2.24. The number of ether oxygens (including phenoxy) is 1. The van der Waals surface area contributed by atoms with E-state index in [-0.39, 0.29) is 26.1 Å². The van der Waals surface area contributed by atoms with Gasteiger partial charge >= 0.3 is 5.97 Å². The first kappa shape index (κ1) is 17.3. The minimum absolute atomic E-state index is 0.00268. The molecule has 8 heteroatoms. The first-order chi connectivity index (χ1) is 8.14. The minimum atomic E-state index is -3.64. The smallest absolute Gasteiger partial charge is 0.306 e. The molecule has 7 nitrogen and oxygen atoms in total. The number of methoxy groups -OCH3 is 1. The Morgan fingerprint density at radius 1 is 1.44 bits per heavy atom. The van der Waals surface area contributed by atoms with Crippen LogP contribution < -0.4 is 4.72 Å². The molecule has 0 aromatic carbocycles. The van der Waals surface area contributed by atoms with E-state index in [4.69, 9.17) is 5.11 Å². The van der Waals surface area contributed by atoms with E-state index in [0.29, 0.717) is 0 Å². The van der Waals surface area contributed by atoms with Crippen LogP contribution in [0.2, 0.25) is 0 Å². The summed E-state index contributed by atoms with van der Waals surface area (Å²) in [5.74, 6) is -0.465. The van der Waals surface area contributed by atoms with Gasteiger partial charge in [-0.25, -0.2) is 4.72 Å². The Morgan fingerprint density at radius 2 is 2.00 bits per heavy atom. The van der Waals surface area contributed by atoms with Crippen LogP contribution in [0.4, 0.5) is 0 Å². The lowest BCUT2D eigenvalue weighted by molar-refractivity contribution is -0.140. The van der Waals surface area contributed by atoms with Crippen LogP contribution in [0.5, 0.6) is 0 Å². The van der Waals surface area contributed by atoms with Crippen LogP contribution in [0.1, 0.15) is 20.3 Å². The van der Waals surface area contributed by atoms with Gasteiger partial charge in [-0.1, -0.05) is 13.8 Å². The van der Waals surface area contributed by atoms with Crippen molar-refractivity contribution in [2.45, 2.75) is 20.3 Å². The maximum Gasteiger partial charge on any atom is 0.306 e. The van der Waals surface area contributed by atoms with Crippen LogP contribution in [0, 0.1) is 5.41 Å². The van der Waals surface area contributed by atoms with Crippen molar-refractivity contribution in [3.8, 4) is 0 Å². The van der Waals surface area contributed by atoms with Crippen molar-refractivity contribution >= 4 is 16.2 Å². The Hall–Kier alpha value is -0.700. The molecular weight excluding hydrogens is 260 g/mol. The fourth-order valence-electron chi connectivity index (χ4n) is 0.924. The molecule has 0 aliphatic carbocycles. The Kier molecular flexibility index (Phi) is 6.76. The second kappa shape index (κ2) is 7.03. The van der Waals surface area contributed by atoms with Gasteiger partial charge in [0.1, 0.15) is 0 Å². The predicted octanol–water partition coefficient (Wildman–Crippen LogP) is -0.666. The summed E-state index contributed by atoms with van der Waals surface area (Å²) in [7, 11) is -1.02. The number of aliphatic hydroxyl groups excluding tert-OH is 1. The molecule has 0 unspecified atom stereocenters. The summed E-state index contributed by atoms with van der Waals surface area (Å²) in [5.41, 5.74) is -0.531. The van der Waals surface area contributed by atoms with Crippen LogP contribution >= 0.6 is 0 Å². The van der Waals surface area contributed by atoms with Crippen molar-refractivity contribution in [2.24, 2.45) is 5.41 Å². The van der Waals surface area contributed by atoms with Crippen LogP contribution in [0.15, 0.2) is 0 Å². The van der Waals surface area contributed by atoms with Gasteiger partial charge < -0.3 is 9.84 Å². The van der Waals surface area contributed by atoms with E-state index in [1.54, 1.807) is 13.8 Å². The summed E-state index contributed by atoms with van der Waals surface area (Å²) in [4.78, 5) is 10.9. The van der Waals surface area contributed by atoms with E-state index in [2.05, 4.69) is 9.46 Å². The summed E-state index contributed by atoms with van der Waals surface area (Å²) in [6.07, 6.45) is -0.00268. The molecule has 0 amide bonds. The Balaban J connectivity index is 4.32. The second-order valence-electron chi connectivity index (χ2n) is 4.80. The first-order valence-corrected chi connectivity index (χ1v) is 6.97. The SMILES string of the molecule is COC(=O)CCN(C)S(=O)(=O)NCC(C)(C)CO. The highest BCUT2D eigenvalue weighted by atomic mass is 32.2. The summed E-state index contributed by atoms with van der Waals surface area (Å²) >= 11 is 0. The molecule has 0 spiro atoms. The van der Waals surface area contributed by atoms with Crippen molar-refractivity contribution in [1.82, 2.24) is 9.03 Å². The van der Waals surface area contributed by atoms with Crippen LogP contribution in [-0.4, -0.2) is 57.7 Å². The highest BCUT2D eigenvalue weighted by molar-refractivity contribution is 7.87. The number of rotatable bonds is 8. The van der Waals surface area contributed by atoms with Gasteiger partial charge in [0.05, 0.1) is 13.5 Å². The van der Waals surface area contributed by atoms with Crippen LogP contribution in [0.3, 0.4) is 0 Å². The molecule has 0 heterocycles. The molecule has 108 valence electrons. The van der Waals surface area contributed by atoms with E-state index in [0.717, 1.165) is 4.31 Å². The summed E-state index contributed by atoms with van der Waals surface area (Å²) in [6.45, 7) is 3.52. The molecule has 0 aliphatic rings. The molecule has 0 rings (SSSR count). The zero-order valence-electron chi connectivity index (χ0n) is 11.3. The highest BCUT2D eigenvalue weighted by Gasteiger charge is 2.23. The van der Waals surface area contributed by atoms with E-state index in [9.17, 15) is 13.2 Å². The average Bonchev–Trinajstić information content (AvgIpc) is 2.33. The van der Waals surface area contributed by atoms with Gasteiger partial charge in [-0.05, 0) is 0 Å². The van der Waals surface area contributed by atoms with Gasteiger partial charge in [0.2, 0.25) is 0 Å². The first-order valence-electron chi connectivity index (χ1n) is 5.53. The molecule has 2 N–H and O–H groups in total. The summed E-state index contributed by atoms with van der Waals surface area (Å²) in [6, 6.07) is 0. The molecule has 0 fully saturated rings. The van der Waals surface area contributed by atoms with Gasteiger partial charge in [0.15, 0.2) is 0 Å². The molecule has 0 aromatic rings. The number of esters is 1. The Bertz CT molecular complexity index is 366. The predicted molar refractivity (Wildman–Crippen MR) is 67.1 cm³/mol. The zero-order valence-corrected chi connectivity index (χ0v) is 12.1. The second-order valence-corrected chi connectivity index (χ2v) is 6.66. The molecule has 0 saturated heterocycles. The summed E-state index contributed by atoms with van der Waals surface area (Å²) < 4.78 is 31.4. The van der Waals surface area contributed by atoms with Gasteiger partial charge in [-0.2, -0.15) is 12.7 Å². The molecule has 0 aromatic heterocycles. The van der Waals surface area contributed by atoms with Crippen molar-refractivity contribution < 1.29 is 23.1 Å². The number of carbonyl (C=O) groups is 1. The van der Waals surface area contributed by atoms with Crippen LogP contribution in [-0.2, 0) is 19.7 Å². The Labute approximate surface area is 108 Å². The summed E-state index contributed by atoms with van der Waals surface area (Å²) in [5, 5.41) is 9.03. The quantitative estimate of drug-likeness (QED) is 0.576. The van der Waals surface area contributed by atoms with E-state index in [1.807, 2.05) is 0 Å². The van der Waals surface area contributed by atoms with Gasteiger partial charge in [-0.15, -0.1) is 0 Å². The molecule has 0 bridgehead atoms. The number of nitrogens with one attached hydrogen (secondary N) is 1. The standard InChI is InChI=1S/C10H22N2O5S/c1-10(2,8-13)7-11-18(15,16)12(3)6-5-9(14)17-4/h11,13H,5-8H2,1-4H3. The Morgan fingerprint density at radius 3 is 2.44 bits per heavy atom. The minimum Gasteiger partial charge on any atom is -0.469 e. The van der Waals surface area contributed by atoms with Gasteiger partial charge in [-0.3, -0.25) is 4.79 Å². The van der Waals surface area contributed by atoms with Crippen molar-refractivity contribution in [3.05, 3.63) is 0 Å². The maximum atomic E-state index is 11.8. The van der Waals surface area contributed by atoms with Crippen molar-refractivity contribution in [1.29, 1.82) is 0 Å². The molecular formula is C10H22N2O5S. The normalized spacial score (nSPS) is 12.8. The zero-order chi connectivity index (χ0) is 14.4. The van der Waals surface area contributed by atoms with Gasteiger partial charge in [0.25, 0.3) is 10.2 Å². The molecule has 0 aliphatic heterocycles. The van der Waals surface area contributed by atoms with Crippen molar-refractivity contribution in [3.63, 3.8) is 0 Å². The molecule has 0 radical (unpaired) electrons.